The molecule has 1 fully saturated rings. The summed E-state index contributed by atoms with van der Waals surface area (Å²) in [6, 6.07) is 8.86. The minimum absolute atomic E-state index is 0.0720. The Balaban J connectivity index is 1.89. The van der Waals surface area contributed by atoms with E-state index < -0.39 is 0 Å². The van der Waals surface area contributed by atoms with Crippen LogP contribution in [0.15, 0.2) is 24.3 Å². The zero-order chi connectivity index (χ0) is 12.5. The van der Waals surface area contributed by atoms with Crippen LogP contribution in [0.25, 0.3) is 0 Å². The molecule has 17 heavy (non-hydrogen) atoms. The molecule has 1 nitrogen and oxygen atoms in total. The molecule has 1 saturated carbocycles. The van der Waals surface area contributed by atoms with Gasteiger partial charge in [0.1, 0.15) is 0 Å². The van der Waals surface area contributed by atoms with Gasteiger partial charge in [0.05, 0.1) is 6.10 Å². The highest BCUT2D eigenvalue weighted by Gasteiger charge is 2.29. The van der Waals surface area contributed by atoms with Crippen LogP contribution in [-0.4, -0.2) is 11.2 Å². The van der Waals surface area contributed by atoms with Crippen LogP contribution in [0.3, 0.4) is 0 Å². The van der Waals surface area contributed by atoms with Crippen LogP contribution >= 0.6 is 0 Å². The first-order valence-electron chi connectivity index (χ1n) is 6.74. The first-order chi connectivity index (χ1) is 7.97. The average Bonchev–Trinajstić information content (AvgIpc) is 3.09. The maximum absolute atomic E-state index is 9.83. The predicted molar refractivity (Wildman–Crippen MR) is 72.2 cm³/mol. The van der Waals surface area contributed by atoms with E-state index in [1.807, 2.05) is 0 Å². The molecule has 1 N–H and O–H groups in total. The molecule has 0 radical (unpaired) electrons. The summed E-state index contributed by atoms with van der Waals surface area (Å²) < 4.78 is 0. The quantitative estimate of drug-likeness (QED) is 0.839. The molecule has 1 aromatic carbocycles. The van der Waals surface area contributed by atoms with Gasteiger partial charge in [0.25, 0.3) is 0 Å². The van der Waals surface area contributed by atoms with Crippen LogP contribution in [-0.2, 0) is 11.8 Å². The Kier molecular flexibility index (Phi) is 3.58. The summed E-state index contributed by atoms with van der Waals surface area (Å²) in [5, 5.41) is 9.83. The van der Waals surface area contributed by atoms with Gasteiger partial charge in [0, 0.05) is 0 Å². The zero-order valence-electron chi connectivity index (χ0n) is 11.2. The van der Waals surface area contributed by atoms with Crippen molar-refractivity contribution in [1.82, 2.24) is 0 Å². The van der Waals surface area contributed by atoms with Gasteiger partial charge in [-0.3, -0.25) is 0 Å². The van der Waals surface area contributed by atoms with Crippen molar-refractivity contribution in [1.29, 1.82) is 0 Å². The van der Waals surface area contributed by atoms with Crippen molar-refractivity contribution >= 4 is 0 Å². The molecule has 1 unspecified atom stereocenters. The van der Waals surface area contributed by atoms with E-state index >= 15 is 0 Å². The Bertz CT molecular complexity index is 354. The Morgan fingerprint density at radius 1 is 1.18 bits per heavy atom. The van der Waals surface area contributed by atoms with Gasteiger partial charge in [-0.25, -0.2) is 0 Å². The van der Waals surface area contributed by atoms with Crippen molar-refractivity contribution in [2.45, 2.75) is 58.0 Å². The summed E-state index contributed by atoms with van der Waals surface area (Å²) in [6.45, 7) is 6.70. The molecule has 1 atom stereocenters. The van der Waals surface area contributed by atoms with Crippen molar-refractivity contribution in [3.63, 3.8) is 0 Å². The molecule has 1 aliphatic carbocycles. The average molecular weight is 232 g/mol. The van der Waals surface area contributed by atoms with Gasteiger partial charge < -0.3 is 5.11 Å². The van der Waals surface area contributed by atoms with E-state index in [0.717, 1.165) is 12.8 Å². The highest BCUT2D eigenvalue weighted by Crippen LogP contribution is 2.34. The smallest absolute Gasteiger partial charge is 0.0571 e. The number of hydrogen-bond donors (Lipinski definition) is 1. The lowest BCUT2D eigenvalue weighted by atomic mass is 9.86. The summed E-state index contributed by atoms with van der Waals surface area (Å²) in [4.78, 5) is 0. The van der Waals surface area contributed by atoms with Crippen molar-refractivity contribution in [3.05, 3.63) is 35.4 Å². The third-order valence-corrected chi connectivity index (χ3v) is 3.71. The summed E-state index contributed by atoms with van der Waals surface area (Å²) in [6.07, 6.45) is 4.30. The van der Waals surface area contributed by atoms with E-state index in [1.54, 1.807) is 0 Å². The molecule has 1 aromatic rings. The Hall–Kier alpha value is -0.820. The van der Waals surface area contributed by atoms with Crippen LogP contribution in [0, 0.1) is 5.92 Å². The largest absolute Gasteiger partial charge is 0.393 e. The van der Waals surface area contributed by atoms with Crippen molar-refractivity contribution in [2.24, 2.45) is 5.92 Å². The lowest BCUT2D eigenvalue weighted by molar-refractivity contribution is 0.142. The molecule has 0 aliphatic heterocycles. The molecule has 0 aromatic heterocycles. The monoisotopic (exact) mass is 232 g/mol. The maximum Gasteiger partial charge on any atom is 0.0571 e. The third-order valence-electron chi connectivity index (χ3n) is 3.71. The van der Waals surface area contributed by atoms with Gasteiger partial charge in [0.15, 0.2) is 0 Å². The second-order valence-corrected chi connectivity index (χ2v) is 6.39. The molecule has 0 amide bonds. The van der Waals surface area contributed by atoms with E-state index in [-0.39, 0.29) is 11.5 Å². The predicted octanol–water partition coefficient (Wildman–Crippen LogP) is 3.69. The lowest BCUT2D eigenvalue weighted by Crippen LogP contribution is -2.12. The number of aliphatic hydroxyl groups excluding tert-OH is 1. The van der Waals surface area contributed by atoms with Crippen LogP contribution in [0.4, 0.5) is 0 Å². The van der Waals surface area contributed by atoms with Crippen LogP contribution in [0.5, 0.6) is 0 Å². The van der Waals surface area contributed by atoms with E-state index in [4.69, 9.17) is 0 Å². The number of rotatable bonds is 4. The van der Waals surface area contributed by atoms with Crippen LogP contribution in [0.1, 0.15) is 51.2 Å². The molecule has 0 spiro atoms. The highest BCUT2D eigenvalue weighted by molar-refractivity contribution is 5.27. The summed E-state index contributed by atoms with van der Waals surface area (Å²) in [5.41, 5.74) is 2.95. The molecule has 1 heteroatoms. The Labute approximate surface area is 105 Å². The lowest BCUT2D eigenvalue weighted by Gasteiger charge is -2.19. The molecule has 94 valence electrons. The van der Waals surface area contributed by atoms with Crippen LogP contribution in [0.2, 0.25) is 0 Å². The van der Waals surface area contributed by atoms with Gasteiger partial charge in [-0.2, -0.15) is 0 Å². The van der Waals surface area contributed by atoms with Gasteiger partial charge in [-0.15, -0.1) is 0 Å². The summed E-state index contributed by atoms with van der Waals surface area (Å²) >= 11 is 0. The van der Waals surface area contributed by atoms with Crippen molar-refractivity contribution < 1.29 is 5.11 Å². The summed E-state index contributed by atoms with van der Waals surface area (Å²) in [5.74, 6) is 0.601. The molecule has 0 saturated heterocycles. The second kappa shape index (κ2) is 4.81. The normalized spacial score (nSPS) is 18.1. The molecule has 0 heterocycles. The van der Waals surface area contributed by atoms with E-state index in [0.29, 0.717) is 5.92 Å². The van der Waals surface area contributed by atoms with E-state index in [1.165, 1.54) is 24.0 Å². The molecular weight excluding hydrogens is 208 g/mol. The number of aliphatic hydroxyl groups is 1. The second-order valence-electron chi connectivity index (χ2n) is 6.39. The number of hydrogen-bond acceptors (Lipinski definition) is 1. The highest BCUT2D eigenvalue weighted by atomic mass is 16.3. The molecule has 0 bridgehead atoms. The number of aryl methyl sites for hydroxylation is 1. The molecule has 1 aliphatic rings. The minimum atomic E-state index is -0.0720. The fraction of sp³-hybridized carbons (Fsp3) is 0.625. The SMILES string of the molecule is CC(C)(C)c1ccc(CCC(O)C2CC2)cc1. The molecule has 2 rings (SSSR count). The Morgan fingerprint density at radius 2 is 1.76 bits per heavy atom. The standard InChI is InChI=1S/C16H24O/c1-16(2,3)14-9-4-12(5-10-14)6-11-15(17)13-7-8-13/h4-5,9-10,13,15,17H,6-8,11H2,1-3H3. The first kappa shape index (κ1) is 12.6. The van der Waals surface area contributed by atoms with Gasteiger partial charge in [0.2, 0.25) is 0 Å². The van der Waals surface area contributed by atoms with Crippen LogP contribution < -0.4 is 0 Å². The van der Waals surface area contributed by atoms with Gasteiger partial charge in [-0.1, -0.05) is 45.0 Å². The third kappa shape index (κ3) is 3.57. The fourth-order valence-electron chi connectivity index (χ4n) is 2.20. The Morgan fingerprint density at radius 3 is 2.24 bits per heavy atom. The van der Waals surface area contributed by atoms with Crippen molar-refractivity contribution in [3.8, 4) is 0 Å². The van der Waals surface area contributed by atoms with Crippen molar-refractivity contribution in [2.75, 3.05) is 0 Å². The fourth-order valence-corrected chi connectivity index (χ4v) is 2.20. The first-order valence-corrected chi connectivity index (χ1v) is 6.74. The number of benzene rings is 1. The maximum atomic E-state index is 9.83. The van der Waals surface area contributed by atoms with Gasteiger partial charge >= 0.3 is 0 Å². The topological polar surface area (TPSA) is 20.2 Å². The zero-order valence-corrected chi connectivity index (χ0v) is 11.2. The molecular formula is C16H24O. The summed E-state index contributed by atoms with van der Waals surface area (Å²) in [7, 11) is 0. The van der Waals surface area contributed by atoms with Gasteiger partial charge in [-0.05, 0) is 48.1 Å². The minimum Gasteiger partial charge on any atom is -0.393 e. The van der Waals surface area contributed by atoms with E-state index in [2.05, 4.69) is 45.0 Å². The van der Waals surface area contributed by atoms with E-state index in [9.17, 15) is 5.11 Å².